The smallest absolute Gasteiger partial charge is 0.159 e. The lowest BCUT2D eigenvalue weighted by Gasteiger charge is -2.26. The molecule has 4 heterocycles. The zero-order valence-electron chi connectivity index (χ0n) is 37.8. The number of benzene rings is 8. The van der Waals surface area contributed by atoms with Crippen LogP contribution in [0.15, 0.2) is 232 Å². The molecule has 2 unspecified atom stereocenters. The Kier molecular flexibility index (Phi) is 9.12. The number of fused-ring (bicyclic) bond motifs is 9. The average Bonchev–Trinajstić information content (AvgIpc) is 4.09. The molecule has 3 aliphatic rings. The number of nitrogens with zero attached hydrogens (tertiary/aromatic N) is 4. The summed E-state index contributed by atoms with van der Waals surface area (Å²) in [6.07, 6.45) is 13.7. The summed E-state index contributed by atoms with van der Waals surface area (Å²) < 4.78 is 11.6. The van der Waals surface area contributed by atoms with E-state index in [0.29, 0.717) is 0 Å². The lowest BCUT2D eigenvalue weighted by molar-refractivity contribution is 0.517. The molecule has 1 aliphatic heterocycles. The predicted molar refractivity (Wildman–Crippen MR) is 285 cm³/mol. The molecule has 328 valence electrons. The molecule has 3 aromatic heterocycles. The number of hydrogen-bond donors (Lipinski definition) is 1. The molecule has 8 aromatic carbocycles. The number of hydrogen-bond acceptors (Lipinski definition) is 4. The largest absolute Gasteiger partial charge is 0.460 e. The number of allylic oxidation sites excluding steroid dienone is 3. The van der Waals surface area contributed by atoms with E-state index >= 15 is 0 Å². The molecule has 2 atom stereocenters. The second-order valence-electron chi connectivity index (χ2n) is 18.3. The zero-order valence-corrected chi connectivity index (χ0v) is 37.8. The Morgan fingerprint density at radius 1 is 0.522 bits per heavy atom. The standard InChI is InChI=1S/C63H45N5O/c1-4-19-40(20-5-1)61-64-62(41-21-6-2-7-22-41)66-63(65-61)51-27-11-14-33-53(51)68-55-35-18-30-47(46-29-17-34-54-58(46)49-26-10-13-32-52(49)67(54)43-23-8-3-9-24-43)59(55)50-38-37-42(39-56(50)68)44-28-16-31-48-45-25-12-15-36-57(45)69-60(44)48/h1,3-6,8-27,29-39,44,61H,2,7,28H2,(H,64,65,66). The number of rotatable bonds is 7. The molecule has 0 saturated carbocycles. The van der Waals surface area contributed by atoms with E-state index in [0.717, 1.165) is 86.8 Å². The summed E-state index contributed by atoms with van der Waals surface area (Å²) in [6, 6.07) is 67.9. The SMILES string of the molecule is C1=CC(C2=NC(c3ccccc3)NC(c3ccccc3-n3c4cc(C5CC=Cc6c5oc5ccccc65)ccc4c4c(-c5cccc6c5c5ccccc5n6-c5ccccc5)cccc43)=N2)=CCC1. The molecule has 0 fully saturated rings. The van der Waals surface area contributed by atoms with Crippen LogP contribution in [0.5, 0.6) is 0 Å². The second kappa shape index (κ2) is 16.0. The molecule has 69 heavy (non-hydrogen) atoms. The van der Waals surface area contributed by atoms with Crippen molar-refractivity contribution in [2.75, 3.05) is 0 Å². The van der Waals surface area contributed by atoms with Gasteiger partial charge in [-0.3, -0.25) is 0 Å². The predicted octanol–water partition coefficient (Wildman–Crippen LogP) is 15.6. The molecule has 14 rings (SSSR count). The molecule has 6 heteroatoms. The van der Waals surface area contributed by atoms with E-state index in [2.05, 4.69) is 233 Å². The number of para-hydroxylation sites is 4. The Bertz CT molecular complexity index is 4030. The topological polar surface area (TPSA) is 59.8 Å². The maximum atomic E-state index is 6.73. The van der Waals surface area contributed by atoms with Gasteiger partial charge < -0.3 is 18.9 Å². The van der Waals surface area contributed by atoms with Crippen molar-refractivity contribution in [2.24, 2.45) is 9.98 Å². The summed E-state index contributed by atoms with van der Waals surface area (Å²) >= 11 is 0. The monoisotopic (exact) mass is 887 g/mol. The molecule has 6 nitrogen and oxygen atoms in total. The van der Waals surface area contributed by atoms with Gasteiger partial charge in [-0.1, -0.05) is 164 Å². The minimum Gasteiger partial charge on any atom is -0.460 e. The fourth-order valence-electron chi connectivity index (χ4n) is 11.3. The Morgan fingerprint density at radius 3 is 2.01 bits per heavy atom. The van der Waals surface area contributed by atoms with Crippen molar-refractivity contribution < 1.29 is 4.42 Å². The van der Waals surface area contributed by atoms with Crippen LogP contribution in [0, 0.1) is 0 Å². The first-order valence-corrected chi connectivity index (χ1v) is 24.0. The van der Waals surface area contributed by atoms with Crippen molar-refractivity contribution in [1.82, 2.24) is 14.5 Å². The Labute approximate surface area is 399 Å². The van der Waals surface area contributed by atoms with Gasteiger partial charge in [0.1, 0.15) is 23.3 Å². The fourth-order valence-corrected chi connectivity index (χ4v) is 11.3. The highest BCUT2D eigenvalue weighted by molar-refractivity contribution is 6.23. The molecule has 0 bridgehead atoms. The highest BCUT2D eigenvalue weighted by atomic mass is 16.3. The number of furan rings is 1. The highest BCUT2D eigenvalue weighted by Gasteiger charge is 2.29. The Morgan fingerprint density at radius 2 is 1.20 bits per heavy atom. The molecule has 0 spiro atoms. The van der Waals surface area contributed by atoms with Gasteiger partial charge in [-0.2, -0.15) is 0 Å². The van der Waals surface area contributed by atoms with Crippen LogP contribution in [-0.2, 0) is 0 Å². The number of aromatic nitrogens is 2. The molecule has 1 N–H and O–H groups in total. The quantitative estimate of drug-likeness (QED) is 0.173. The van der Waals surface area contributed by atoms with Crippen LogP contribution in [0.3, 0.4) is 0 Å². The minimum absolute atomic E-state index is 0.0486. The van der Waals surface area contributed by atoms with Gasteiger partial charge in [0.15, 0.2) is 5.84 Å². The normalized spacial score (nSPS) is 16.8. The molecule has 11 aromatic rings. The van der Waals surface area contributed by atoms with Crippen LogP contribution in [-0.4, -0.2) is 20.8 Å². The maximum absolute atomic E-state index is 6.73. The molecule has 2 aliphatic carbocycles. The van der Waals surface area contributed by atoms with Crippen LogP contribution >= 0.6 is 0 Å². The van der Waals surface area contributed by atoms with Gasteiger partial charge in [0.2, 0.25) is 0 Å². The molecular formula is C63H45N5O. The van der Waals surface area contributed by atoms with E-state index in [1.54, 1.807) is 0 Å². The van der Waals surface area contributed by atoms with Gasteiger partial charge in [-0.25, -0.2) is 9.98 Å². The molecule has 0 saturated heterocycles. The van der Waals surface area contributed by atoms with Gasteiger partial charge in [-0.05, 0) is 96.1 Å². The third-order valence-corrected chi connectivity index (χ3v) is 14.4. The maximum Gasteiger partial charge on any atom is 0.159 e. The van der Waals surface area contributed by atoms with Crippen LogP contribution in [0.25, 0.3) is 83.2 Å². The van der Waals surface area contributed by atoms with E-state index in [1.165, 1.54) is 54.8 Å². The van der Waals surface area contributed by atoms with Crippen molar-refractivity contribution in [3.63, 3.8) is 0 Å². The lowest BCUT2D eigenvalue weighted by Crippen LogP contribution is -2.34. The summed E-state index contributed by atoms with van der Waals surface area (Å²) in [5.74, 6) is 2.60. The summed E-state index contributed by atoms with van der Waals surface area (Å²) in [7, 11) is 0. The van der Waals surface area contributed by atoms with Gasteiger partial charge >= 0.3 is 0 Å². The number of aliphatic imine (C=N–C) groups is 2. The summed E-state index contributed by atoms with van der Waals surface area (Å²) in [5, 5.41) is 9.80. The van der Waals surface area contributed by atoms with Gasteiger partial charge in [0, 0.05) is 55.2 Å². The second-order valence-corrected chi connectivity index (χ2v) is 18.3. The zero-order chi connectivity index (χ0) is 45.4. The number of nitrogens with one attached hydrogen (secondary N) is 1. The van der Waals surface area contributed by atoms with Crippen LogP contribution in [0.1, 0.15) is 59.4 Å². The minimum atomic E-state index is -0.315. The van der Waals surface area contributed by atoms with Crippen molar-refractivity contribution in [3.8, 4) is 22.5 Å². The molecule has 0 amide bonds. The van der Waals surface area contributed by atoms with Crippen LogP contribution < -0.4 is 5.32 Å². The van der Waals surface area contributed by atoms with Crippen molar-refractivity contribution in [3.05, 3.63) is 246 Å². The van der Waals surface area contributed by atoms with Crippen molar-refractivity contribution >= 4 is 72.3 Å². The van der Waals surface area contributed by atoms with Crippen molar-refractivity contribution in [1.29, 1.82) is 0 Å². The van der Waals surface area contributed by atoms with Gasteiger partial charge in [0.05, 0.1) is 27.8 Å². The Balaban J connectivity index is 1.03. The fraction of sp³-hybridized carbons (Fsp3) is 0.0794. The highest BCUT2D eigenvalue weighted by Crippen LogP contribution is 2.47. The van der Waals surface area contributed by atoms with E-state index in [4.69, 9.17) is 14.4 Å². The van der Waals surface area contributed by atoms with Crippen molar-refractivity contribution in [2.45, 2.75) is 31.3 Å². The first-order chi connectivity index (χ1) is 34.2. The number of amidine groups is 2. The first kappa shape index (κ1) is 39.4. The summed E-state index contributed by atoms with van der Waals surface area (Å²) in [6.45, 7) is 0. The Hall–Kier alpha value is -8.74. The lowest BCUT2D eigenvalue weighted by atomic mass is 9.86. The average molecular weight is 888 g/mol. The van der Waals surface area contributed by atoms with E-state index in [1.807, 2.05) is 0 Å². The third kappa shape index (κ3) is 6.33. The third-order valence-electron chi connectivity index (χ3n) is 14.4. The summed E-state index contributed by atoms with van der Waals surface area (Å²) in [5.41, 5.74) is 15.6. The van der Waals surface area contributed by atoms with Crippen LogP contribution in [0.2, 0.25) is 0 Å². The summed E-state index contributed by atoms with van der Waals surface area (Å²) in [4.78, 5) is 10.6. The van der Waals surface area contributed by atoms with E-state index in [-0.39, 0.29) is 12.1 Å². The van der Waals surface area contributed by atoms with E-state index < -0.39 is 0 Å². The van der Waals surface area contributed by atoms with Crippen LogP contribution in [0.4, 0.5) is 0 Å². The van der Waals surface area contributed by atoms with Gasteiger partial charge in [-0.15, -0.1) is 0 Å². The van der Waals surface area contributed by atoms with E-state index in [9.17, 15) is 0 Å². The molecular weight excluding hydrogens is 843 g/mol. The molecule has 0 radical (unpaired) electrons. The van der Waals surface area contributed by atoms with Gasteiger partial charge in [0.25, 0.3) is 0 Å². The first-order valence-electron chi connectivity index (χ1n) is 24.0.